The number of sulfonamides is 1. The van der Waals surface area contributed by atoms with Crippen molar-refractivity contribution in [2.45, 2.75) is 33.6 Å². The van der Waals surface area contributed by atoms with Crippen LogP contribution in [-0.2, 0) is 16.4 Å². The van der Waals surface area contributed by atoms with Crippen LogP contribution >= 0.6 is 34.2 Å². The van der Waals surface area contributed by atoms with Crippen molar-refractivity contribution in [3.63, 3.8) is 0 Å². The highest BCUT2D eigenvalue weighted by Gasteiger charge is 2.27. The van der Waals surface area contributed by atoms with E-state index in [1.54, 1.807) is 30.4 Å². The third-order valence-corrected chi connectivity index (χ3v) is 8.58. The first kappa shape index (κ1) is 24.0. The fraction of sp³-hybridized carbons (Fsp3) is 0.240. The number of allylic oxidation sites excluding steroid dienone is 4. The Morgan fingerprint density at radius 1 is 1.18 bits per heavy atom. The number of carbonyl (C=O) groups excluding carboxylic acids is 1. The van der Waals surface area contributed by atoms with Gasteiger partial charge in [-0.3, -0.25) is 4.79 Å². The SMILES string of the molecule is CC1=CC=C(S(=O)(=O)NC(=O)c2ccc3[nH]c(C)c(Cc4ccc(I)cc4Cl)c3c2)C(C)C1. The number of carbonyl (C=O) groups is 1. The summed E-state index contributed by atoms with van der Waals surface area (Å²) in [5.74, 6) is -0.825. The number of hydrogen-bond acceptors (Lipinski definition) is 3. The van der Waals surface area contributed by atoms with Crippen LogP contribution in [0.5, 0.6) is 0 Å². The molecule has 4 rings (SSSR count). The van der Waals surface area contributed by atoms with Gasteiger partial charge in [0.2, 0.25) is 0 Å². The van der Waals surface area contributed by atoms with Crippen LogP contribution in [0.2, 0.25) is 5.02 Å². The second kappa shape index (κ2) is 9.27. The Morgan fingerprint density at radius 2 is 1.94 bits per heavy atom. The van der Waals surface area contributed by atoms with Crippen molar-refractivity contribution < 1.29 is 13.2 Å². The maximum atomic E-state index is 12.9. The van der Waals surface area contributed by atoms with Gasteiger partial charge in [0.25, 0.3) is 15.9 Å². The summed E-state index contributed by atoms with van der Waals surface area (Å²) in [7, 11) is -3.93. The third kappa shape index (κ3) is 5.05. The molecule has 0 saturated carbocycles. The molecule has 3 aromatic rings. The fourth-order valence-electron chi connectivity index (χ4n) is 4.24. The van der Waals surface area contributed by atoms with Crippen LogP contribution in [0.15, 0.2) is 59.0 Å². The summed E-state index contributed by atoms with van der Waals surface area (Å²) in [4.78, 5) is 16.5. The average Bonchev–Trinajstić information content (AvgIpc) is 3.03. The summed E-state index contributed by atoms with van der Waals surface area (Å²) in [5.41, 5.74) is 5.27. The smallest absolute Gasteiger partial charge is 0.265 e. The minimum absolute atomic E-state index is 0.180. The number of aryl methyl sites for hydroxylation is 1. The van der Waals surface area contributed by atoms with Gasteiger partial charge in [-0.2, -0.15) is 0 Å². The van der Waals surface area contributed by atoms with Gasteiger partial charge in [-0.05, 0) is 96.3 Å². The lowest BCUT2D eigenvalue weighted by Gasteiger charge is -2.20. The molecule has 0 fully saturated rings. The minimum atomic E-state index is -3.93. The monoisotopic (exact) mass is 594 g/mol. The predicted molar refractivity (Wildman–Crippen MR) is 142 cm³/mol. The number of fused-ring (bicyclic) bond motifs is 1. The van der Waals surface area contributed by atoms with Crippen molar-refractivity contribution in [1.29, 1.82) is 0 Å². The van der Waals surface area contributed by atoms with Crippen molar-refractivity contribution >= 4 is 61.0 Å². The van der Waals surface area contributed by atoms with E-state index in [0.717, 1.165) is 36.9 Å². The Labute approximate surface area is 212 Å². The molecule has 1 aliphatic rings. The van der Waals surface area contributed by atoms with E-state index in [-0.39, 0.29) is 16.4 Å². The molecule has 2 N–H and O–H groups in total. The number of benzene rings is 2. The first-order chi connectivity index (χ1) is 15.5. The molecule has 33 heavy (non-hydrogen) atoms. The van der Waals surface area contributed by atoms with Gasteiger partial charge in [-0.15, -0.1) is 0 Å². The van der Waals surface area contributed by atoms with Crippen molar-refractivity contribution in [3.8, 4) is 0 Å². The van der Waals surface area contributed by atoms with Crippen molar-refractivity contribution in [2.24, 2.45) is 5.92 Å². The summed E-state index contributed by atoms with van der Waals surface area (Å²) in [6, 6.07) is 11.1. The molecule has 0 aliphatic heterocycles. The molecule has 8 heteroatoms. The van der Waals surface area contributed by atoms with E-state index in [9.17, 15) is 13.2 Å². The normalized spacial score (nSPS) is 16.5. The van der Waals surface area contributed by atoms with Gasteiger partial charge in [0.15, 0.2) is 0 Å². The van der Waals surface area contributed by atoms with Gasteiger partial charge >= 0.3 is 0 Å². The van der Waals surface area contributed by atoms with Gasteiger partial charge in [0, 0.05) is 37.2 Å². The number of amides is 1. The molecule has 5 nitrogen and oxygen atoms in total. The van der Waals surface area contributed by atoms with Crippen LogP contribution in [0.1, 0.15) is 47.4 Å². The zero-order valence-electron chi connectivity index (χ0n) is 18.5. The number of halogens is 2. The van der Waals surface area contributed by atoms with Gasteiger partial charge in [0.1, 0.15) is 0 Å². The summed E-state index contributed by atoms with van der Waals surface area (Å²) in [6.45, 7) is 5.79. The number of aromatic amines is 1. The number of aromatic nitrogens is 1. The van der Waals surface area contributed by atoms with Crippen LogP contribution in [0, 0.1) is 16.4 Å². The molecular formula is C25H24ClIN2O3S. The Morgan fingerprint density at radius 3 is 2.64 bits per heavy atom. The number of rotatable bonds is 5. The van der Waals surface area contributed by atoms with Crippen molar-refractivity contribution in [3.05, 3.63) is 90.0 Å². The van der Waals surface area contributed by atoms with Crippen LogP contribution < -0.4 is 4.72 Å². The summed E-state index contributed by atoms with van der Waals surface area (Å²) < 4.78 is 29.1. The van der Waals surface area contributed by atoms with Gasteiger partial charge < -0.3 is 4.98 Å². The standard InChI is InChI=1S/C25H24ClIN2O3S/c1-14-4-9-24(15(2)10-14)33(31,32)29-25(30)18-6-8-23-21(12-18)20(16(3)28-23)11-17-5-7-19(27)13-22(17)26/h4-9,12-13,15,28H,10-11H2,1-3H3,(H,29,30). The second-order valence-electron chi connectivity index (χ2n) is 8.52. The molecule has 1 aliphatic carbocycles. The fourth-order valence-corrected chi connectivity index (χ4v) is 6.50. The van der Waals surface area contributed by atoms with E-state index in [0.29, 0.717) is 17.9 Å². The molecular weight excluding hydrogens is 571 g/mol. The number of H-pyrrole nitrogens is 1. The molecule has 1 amide bonds. The minimum Gasteiger partial charge on any atom is -0.358 e. The first-order valence-corrected chi connectivity index (χ1v) is 13.5. The summed E-state index contributed by atoms with van der Waals surface area (Å²) in [6.07, 6.45) is 4.62. The van der Waals surface area contributed by atoms with Crippen LogP contribution in [0.25, 0.3) is 10.9 Å². The predicted octanol–water partition coefficient (Wildman–Crippen LogP) is 6.25. The van der Waals surface area contributed by atoms with Crippen molar-refractivity contribution in [2.75, 3.05) is 0 Å². The van der Waals surface area contributed by atoms with E-state index in [1.165, 1.54) is 0 Å². The van der Waals surface area contributed by atoms with E-state index >= 15 is 0 Å². The van der Waals surface area contributed by atoms with Crippen molar-refractivity contribution in [1.82, 2.24) is 9.71 Å². The van der Waals surface area contributed by atoms with E-state index in [4.69, 9.17) is 11.6 Å². The zero-order chi connectivity index (χ0) is 23.9. The zero-order valence-corrected chi connectivity index (χ0v) is 22.2. The lowest BCUT2D eigenvalue weighted by atomic mass is 9.97. The first-order valence-electron chi connectivity index (χ1n) is 10.5. The van der Waals surface area contributed by atoms with Gasteiger partial charge in [0.05, 0.1) is 4.91 Å². The maximum absolute atomic E-state index is 12.9. The second-order valence-corrected chi connectivity index (χ2v) is 11.9. The summed E-state index contributed by atoms with van der Waals surface area (Å²) in [5, 5.41) is 1.56. The molecule has 1 aromatic heterocycles. The van der Waals surface area contributed by atoms with Gasteiger partial charge in [-0.25, -0.2) is 13.1 Å². The number of nitrogens with one attached hydrogen (secondary N) is 2. The average molecular weight is 595 g/mol. The third-order valence-electron chi connectivity index (χ3n) is 5.95. The molecule has 0 saturated heterocycles. The molecule has 2 aromatic carbocycles. The molecule has 1 unspecified atom stereocenters. The lowest BCUT2D eigenvalue weighted by molar-refractivity contribution is 0.0981. The molecule has 0 bridgehead atoms. The Kier molecular flexibility index (Phi) is 6.75. The Bertz CT molecular complexity index is 1440. The molecule has 1 atom stereocenters. The van der Waals surface area contributed by atoms with E-state index < -0.39 is 15.9 Å². The van der Waals surface area contributed by atoms with E-state index in [2.05, 4.69) is 32.3 Å². The largest absolute Gasteiger partial charge is 0.358 e. The molecule has 0 spiro atoms. The lowest BCUT2D eigenvalue weighted by Crippen LogP contribution is -2.33. The highest BCUT2D eigenvalue weighted by molar-refractivity contribution is 14.1. The maximum Gasteiger partial charge on any atom is 0.265 e. The highest BCUT2D eigenvalue weighted by Crippen LogP contribution is 2.30. The quantitative estimate of drug-likeness (QED) is 0.343. The topological polar surface area (TPSA) is 79.0 Å². The highest BCUT2D eigenvalue weighted by atomic mass is 127. The molecule has 1 heterocycles. The van der Waals surface area contributed by atoms with Gasteiger partial charge in [-0.1, -0.05) is 36.2 Å². The van der Waals surface area contributed by atoms with E-state index in [1.807, 2.05) is 39.0 Å². The number of hydrogen-bond donors (Lipinski definition) is 2. The van der Waals surface area contributed by atoms with Crippen LogP contribution in [-0.4, -0.2) is 19.3 Å². The van der Waals surface area contributed by atoms with Crippen LogP contribution in [0.3, 0.4) is 0 Å². The Balaban J connectivity index is 1.65. The Hall–Kier alpha value is -2.10. The van der Waals surface area contributed by atoms with Crippen LogP contribution in [0.4, 0.5) is 0 Å². The molecule has 0 radical (unpaired) electrons. The summed E-state index contributed by atoms with van der Waals surface area (Å²) >= 11 is 8.67. The molecule has 172 valence electrons.